The zero-order valence-electron chi connectivity index (χ0n) is 11.4. The number of allylic oxidation sites excluding steroid dienone is 2. The van der Waals surface area contributed by atoms with Crippen molar-refractivity contribution in [3.05, 3.63) is 64.9 Å². The third kappa shape index (κ3) is 1.67. The van der Waals surface area contributed by atoms with Crippen molar-refractivity contribution in [2.75, 3.05) is 11.6 Å². The molecule has 4 rings (SSSR count). The summed E-state index contributed by atoms with van der Waals surface area (Å²) in [4.78, 5) is 4.92. The molecule has 0 N–H and O–H groups in total. The van der Waals surface area contributed by atoms with Gasteiger partial charge in [0.25, 0.3) is 0 Å². The Bertz CT molecular complexity index is 637. The van der Waals surface area contributed by atoms with Crippen molar-refractivity contribution in [3.63, 3.8) is 0 Å². The molecule has 0 radical (unpaired) electrons. The summed E-state index contributed by atoms with van der Waals surface area (Å²) in [6, 6.07) is 7.24. The summed E-state index contributed by atoms with van der Waals surface area (Å²) >= 11 is 0. The Balaban J connectivity index is 1.83. The van der Waals surface area contributed by atoms with Crippen LogP contribution in [0.2, 0.25) is 0 Å². The molecule has 96 valence electrons. The van der Waals surface area contributed by atoms with E-state index in [-0.39, 0.29) is 0 Å². The van der Waals surface area contributed by atoms with Crippen molar-refractivity contribution in [3.8, 4) is 0 Å². The topological polar surface area (TPSA) is 6.48 Å². The molecule has 2 nitrogen and oxygen atoms in total. The Morgan fingerprint density at radius 1 is 1.21 bits per heavy atom. The van der Waals surface area contributed by atoms with Gasteiger partial charge in [0.05, 0.1) is 12.7 Å². The lowest BCUT2D eigenvalue weighted by molar-refractivity contribution is 0.227. The van der Waals surface area contributed by atoms with Crippen molar-refractivity contribution in [2.45, 2.75) is 26.4 Å². The molecule has 2 aliphatic heterocycles. The maximum absolute atomic E-state index is 2.54. The molecule has 3 aliphatic rings. The molecule has 0 amide bonds. The first-order valence-electron chi connectivity index (χ1n) is 6.89. The van der Waals surface area contributed by atoms with E-state index in [0.29, 0.717) is 6.04 Å². The van der Waals surface area contributed by atoms with E-state index in [0.717, 1.165) is 13.2 Å². The summed E-state index contributed by atoms with van der Waals surface area (Å²) in [5.41, 5.74) is 6.92. The molecule has 1 aromatic rings. The van der Waals surface area contributed by atoms with Crippen LogP contribution in [0, 0.1) is 6.92 Å². The van der Waals surface area contributed by atoms with Crippen LogP contribution in [-0.2, 0) is 6.54 Å². The van der Waals surface area contributed by atoms with Gasteiger partial charge in [-0.3, -0.25) is 4.90 Å². The van der Waals surface area contributed by atoms with Crippen LogP contribution >= 0.6 is 0 Å². The van der Waals surface area contributed by atoms with Gasteiger partial charge in [0.2, 0.25) is 0 Å². The molecule has 0 saturated heterocycles. The smallest absolute Gasteiger partial charge is 0.0761 e. The third-order valence-electron chi connectivity index (χ3n) is 4.23. The van der Waals surface area contributed by atoms with Crippen LogP contribution in [0.5, 0.6) is 0 Å². The molecule has 0 spiro atoms. The summed E-state index contributed by atoms with van der Waals surface area (Å²) in [5, 5.41) is 0. The lowest BCUT2D eigenvalue weighted by atomic mass is 9.93. The first-order chi connectivity index (χ1) is 9.20. The Morgan fingerprint density at radius 3 is 3.00 bits per heavy atom. The van der Waals surface area contributed by atoms with E-state index < -0.39 is 0 Å². The second-order valence-electron chi connectivity index (χ2n) is 5.81. The van der Waals surface area contributed by atoms with Crippen molar-refractivity contribution in [2.24, 2.45) is 0 Å². The summed E-state index contributed by atoms with van der Waals surface area (Å²) in [6.45, 7) is 6.39. The van der Waals surface area contributed by atoms with Gasteiger partial charge in [0, 0.05) is 18.4 Å². The van der Waals surface area contributed by atoms with Gasteiger partial charge < -0.3 is 4.90 Å². The van der Waals surface area contributed by atoms with Gasteiger partial charge in [0.15, 0.2) is 0 Å². The first kappa shape index (κ1) is 11.1. The Hall–Kier alpha value is -1.80. The van der Waals surface area contributed by atoms with E-state index in [4.69, 9.17) is 0 Å². The highest BCUT2D eigenvalue weighted by atomic mass is 15.4. The van der Waals surface area contributed by atoms with E-state index in [9.17, 15) is 0 Å². The van der Waals surface area contributed by atoms with Crippen LogP contribution in [0.3, 0.4) is 0 Å². The molecule has 0 aromatic heterocycles. The maximum Gasteiger partial charge on any atom is 0.0761 e. The van der Waals surface area contributed by atoms with Crippen LogP contribution in [-0.4, -0.2) is 17.6 Å². The second-order valence-corrected chi connectivity index (χ2v) is 5.81. The fourth-order valence-corrected chi connectivity index (χ4v) is 3.34. The van der Waals surface area contributed by atoms with Gasteiger partial charge in [-0.2, -0.15) is 0 Å². The molecule has 2 bridgehead atoms. The molecule has 19 heavy (non-hydrogen) atoms. The summed E-state index contributed by atoms with van der Waals surface area (Å²) in [7, 11) is 0. The lowest BCUT2D eigenvalue weighted by Gasteiger charge is -2.45. The molecule has 2 atom stereocenters. The normalized spacial score (nSPS) is 27.4. The van der Waals surface area contributed by atoms with E-state index in [1.54, 1.807) is 0 Å². The van der Waals surface area contributed by atoms with Gasteiger partial charge in [-0.15, -0.1) is 0 Å². The van der Waals surface area contributed by atoms with Crippen LogP contribution < -0.4 is 4.90 Å². The van der Waals surface area contributed by atoms with E-state index >= 15 is 0 Å². The van der Waals surface area contributed by atoms with Crippen molar-refractivity contribution >= 4 is 5.69 Å². The maximum atomic E-state index is 2.54. The Labute approximate surface area is 114 Å². The highest BCUT2D eigenvalue weighted by Gasteiger charge is 2.32. The fourth-order valence-electron chi connectivity index (χ4n) is 3.34. The quantitative estimate of drug-likeness (QED) is 0.696. The van der Waals surface area contributed by atoms with Gasteiger partial charge in [-0.05, 0) is 31.1 Å². The standard InChI is InChI=1S/C17H18N2/c1-12-3-5-16-14(7-12)9-18-11-19(16)10-15-8-13(2)4-6-17(15)18/h3-9,16H,10-11H2,1-2H3. The molecule has 0 saturated carbocycles. The van der Waals surface area contributed by atoms with Crippen molar-refractivity contribution < 1.29 is 0 Å². The SMILES string of the molecule is CC1=CC2=CN3CN(Cc4cc(C)ccc43)C2C=C1. The van der Waals surface area contributed by atoms with Crippen LogP contribution in [0.4, 0.5) is 5.69 Å². The highest BCUT2D eigenvalue weighted by molar-refractivity contribution is 5.61. The highest BCUT2D eigenvalue weighted by Crippen LogP contribution is 2.36. The minimum absolute atomic E-state index is 0.452. The monoisotopic (exact) mass is 250 g/mol. The van der Waals surface area contributed by atoms with E-state index in [2.05, 4.69) is 66.3 Å². The predicted octanol–water partition coefficient (Wildman–Crippen LogP) is 3.36. The summed E-state index contributed by atoms with van der Waals surface area (Å²) in [5.74, 6) is 0. The van der Waals surface area contributed by atoms with Gasteiger partial charge in [-0.1, -0.05) is 41.5 Å². The van der Waals surface area contributed by atoms with Gasteiger partial charge in [0.1, 0.15) is 0 Å². The summed E-state index contributed by atoms with van der Waals surface area (Å²) < 4.78 is 0. The van der Waals surface area contributed by atoms with Crippen LogP contribution in [0.15, 0.2) is 53.8 Å². The van der Waals surface area contributed by atoms with Crippen molar-refractivity contribution in [1.82, 2.24) is 4.90 Å². The second kappa shape index (κ2) is 3.84. The first-order valence-corrected chi connectivity index (χ1v) is 6.89. The zero-order chi connectivity index (χ0) is 13.0. The minimum Gasteiger partial charge on any atom is -0.334 e. The number of hydrogen-bond acceptors (Lipinski definition) is 2. The molecular weight excluding hydrogens is 232 g/mol. The lowest BCUT2D eigenvalue weighted by Crippen LogP contribution is -2.49. The average Bonchev–Trinajstić information content (AvgIpc) is 2.37. The minimum atomic E-state index is 0.452. The van der Waals surface area contributed by atoms with Crippen molar-refractivity contribution in [1.29, 1.82) is 0 Å². The summed E-state index contributed by atoms with van der Waals surface area (Å²) in [6.07, 6.45) is 9.20. The number of hydrogen-bond donors (Lipinski definition) is 0. The number of aryl methyl sites for hydroxylation is 1. The Kier molecular flexibility index (Phi) is 2.24. The number of benzene rings is 1. The number of rotatable bonds is 0. The van der Waals surface area contributed by atoms with Crippen LogP contribution in [0.1, 0.15) is 18.1 Å². The van der Waals surface area contributed by atoms with Gasteiger partial charge >= 0.3 is 0 Å². The van der Waals surface area contributed by atoms with Crippen LogP contribution in [0.25, 0.3) is 0 Å². The third-order valence-corrected chi connectivity index (χ3v) is 4.23. The number of nitrogens with zero attached hydrogens (tertiary/aromatic N) is 2. The number of anilines is 1. The molecule has 1 aliphatic carbocycles. The fraction of sp³-hybridized carbons (Fsp3) is 0.294. The predicted molar refractivity (Wildman–Crippen MR) is 78.8 cm³/mol. The molecular formula is C17H18N2. The zero-order valence-corrected chi connectivity index (χ0v) is 11.4. The number of fused-ring (bicyclic) bond motifs is 6. The van der Waals surface area contributed by atoms with E-state index in [1.165, 1.54) is 28.0 Å². The molecule has 2 unspecified atom stereocenters. The van der Waals surface area contributed by atoms with Gasteiger partial charge in [-0.25, -0.2) is 0 Å². The molecule has 1 aromatic carbocycles. The Morgan fingerprint density at radius 2 is 2.11 bits per heavy atom. The average molecular weight is 250 g/mol. The molecule has 2 heterocycles. The van der Waals surface area contributed by atoms with E-state index in [1.807, 2.05) is 0 Å². The molecule has 0 fully saturated rings. The largest absolute Gasteiger partial charge is 0.334 e. The molecule has 2 heteroatoms.